The second-order valence-corrected chi connectivity index (χ2v) is 9.33. The van der Waals surface area contributed by atoms with Crippen molar-refractivity contribution in [1.82, 2.24) is 15.2 Å². The quantitative estimate of drug-likeness (QED) is 0.333. The molecule has 2 amide bonds. The van der Waals surface area contributed by atoms with E-state index in [1.807, 2.05) is 49.5 Å². The van der Waals surface area contributed by atoms with Gasteiger partial charge >= 0.3 is 6.03 Å². The lowest BCUT2D eigenvalue weighted by atomic mass is 10.1. The third-order valence-corrected chi connectivity index (χ3v) is 6.87. The molecule has 1 aliphatic rings. The van der Waals surface area contributed by atoms with Gasteiger partial charge in [0.1, 0.15) is 25.0 Å². The van der Waals surface area contributed by atoms with Crippen molar-refractivity contribution in [1.29, 1.82) is 0 Å². The third-order valence-electron chi connectivity index (χ3n) is 6.87. The Morgan fingerprint density at radius 3 is 2.62 bits per heavy atom. The number of quaternary nitrogens is 1. The number of benzene rings is 2. The number of anilines is 1. The number of urea groups is 1. The zero-order valence-corrected chi connectivity index (χ0v) is 20.8. The summed E-state index contributed by atoms with van der Waals surface area (Å²) in [5, 5.41) is 6.78. The highest BCUT2D eigenvalue weighted by Gasteiger charge is 2.52. The molecule has 3 heterocycles. The average Bonchev–Trinajstić information content (AvgIpc) is 3.54. The Morgan fingerprint density at radius 2 is 1.92 bits per heavy atom. The van der Waals surface area contributed by atoms with Crippen LogP contribution in [0, 0.1) is 5.82 Å². The molecular weight excluding hydrogens is 473 g/mol. The molecule has 0 aliphatic carbocycles. The maximum atomic E-state index is 14.0. The standard InChI is InChI=1S/C28H29FN5O3/c1-34(17-21-8-10-25(29)26(12-21)36-2)24(19-37-18-20-6-4-3-5-7-20)16-33(28(34)35)27-11-9-22(13-30-27)23-14-31-32-15-23/h3-15,24H,16-19H2,1-2H3,(H,31,32)/q+1/t24-,34?/m0/s1. The van der Waals surface area contributed by atoms with Crippen molar-refractivity contribution in [2.75, 3.05) is 32.2 Å². The van der Waals surface area contributed by atoms with E-state index in [1.54, 1.807) is 35.6 Å². The smallest absolute Gasteiger partial charge is 0.425 e. The highest BCUT2D eigenvalue weighted by atomic mass is 19.1. The van der Waals surface area contributed by atoms with Gasteiger partial charge in [-0.2, -0.15) is 5.10 Å². The van der Waals surface area contributed by atoms with Gasteiger partial charge in [0.2, 0.25) is 0 Å². The highest BCUT2D eigenvalue weighted by Crippen LogP contribution is 2.32. The van der Waals surface area contributed by atoms with Crippen LogP contribution in [0.5, 0.6) is 5.75 Å². The summed E-state index contributed by atoms with van der Waals surface area (Å²) in [6.45, 7) is 1.63. The summed E-state index contributed by atoms with van der Waals surface area (Å²) >= 11 is 0. The van der Waals surface area contributed by atoms with E-state index in [1.165, 1.54) is 13.2 Å². The van der Waals surface area contributed by atoms with Gasteiger partial charge in [-0.1, -0.05) is 36.4 Å². The zero-order chi connectivity index (χ0) is 25.8. The molecule has 0 saturated carbocycles. The molecule has 8 nitrogen and oxygen atoms in total. The molecule has 1 N–H and O–H groups in total. The minimum atomic E-state index is -0.437. The minimum absolute atomic E-state index is 0.0642. The van der Waals surface area contributed by atoms with Gasteiger partial charge in [0.15, 0.2) is 11.6 Å². The molecule has 0 bridgehead atoms. The summed E-state index contributed by atoms with van der Waals surface area (Å²) in [4.78, 5) is 20.2. The van der Waals surface area contributed by atoms with Gasteiger partial charge in [-0.05, 0) is 29.8 Å². The molecule has 4 aromatic rings. The van der Waals surface area contributed by atoms with Gasteiger partial charge in [0.25, 0.3) is 0 Å². The van der Waals surface area contributed by atoms with E-state index >= 15 is 0 Å². The van der Waals surface area contributed by atoms with Crippen LogP contribution in [-0.4, -0.2) is 59.0 Å². The van der Waals surface area contributed by atoms with Gasteiger partial charge < -0.3 is 9.47 Å². The third kappa shape index (κ3) is 5.09. The predicted molar refractivity (Wildman–Crippen MR) is 137 cm³/mol. The molecule has 1 unspecified atom stereocenters. The molecule has 0 spiro atoms. The lowest BCUT2D eigenvalue weighted by molar-refractivity contribution is -0.859. The first kappa shape index (κ1) is 24.6. The van der Waals surface area contributed by atoms with E-state index in [0.29, 0.717) is 32.1 Å². The average molecular weight is 503 g/mol. The van der Waals surface area contributed by atoms with Gasteiger partial charge in [-0.25, -0.2) is 23.6 Å². The number of rotatable bonds is 9. The van der Waals surface area contributed by atoms with Crippen LogP contribution in [0.2, 0.25) is 0 Å². The zero-order valence-electron chi connectivity index (χ0n) is 20.8. The van der Waals surface area contributed by atoms with Gasteiger partial charge in [0.05, 0.1) is 33.5 Å². The molecule has 2 atom stereocenters. The Bertz CT molecular complexity index is 1350. The Hall–Kier alpha value is -4.08. The number of pyridine rings is 1. The first-order valence-electron chi connectivity index (χ1n) is 12.0. The lowest BCUT2D eigenvalue weighted by Gasteiger charge is -2.32. The number of aromatic amines is 1. The van der Waals surface area contributed by atoms with E-state index in [-0.39, 0.29) is 22.3 Å². The highest BCUT2D eigenvalue weighted by molar-refractivity contribution is 5.88. The number of hydrogen-bond acceptors (Lipinski definition) is 5. The maximum absolute atomic E-state index is 14.0. The summed E-state index contributed by atoms with van der Waals surface area (Å²) in [6, 6.07) is 18.2. The van der Waals surface area contributed by atoms with Crippen molar-refractivity contribution in [2.24, 2.45) is 0 Å². The van der Waals surface area contributed by atoms with Gasteiger partial charge in [0, 0.05) is 29.1 Å². The molecule has 1 fully saturated rings. The fraction of sp³-hybridized carbons (Fsp3) is 0.250. The molecular formula is C28H29FN5O3+. The second-order valence-electron chi connectivity index (χ2n) is 9.33. The first-order chi connectivity index (χ1) is 18.0. The van der Waals surface area contributed by atoms with E-state index in [2.05, 4.69) is 15.2 Å². The number of amides is 2. The van der Waals surface area contributed by atoms with E-state index < -0.39 is 5.82 Å². The van der Waals surface area contributed by atoms with Crippen LogP contribution in [0.15, 0.2) is 79.3 Å². The Morgan fingerprint density at radius 1 is 1.08 bits per heavy atom. The van der Waals surface area contributed by atoms with Crippen molar-refractivity contribution >= 4 is 11.8 Å². The number of likely N-dealkylation sites (N-methyl/N-ethyl adjacent to an activating group) is 1. The SMILES string of the molecule is COc1cc(C[N+]2(C)C(=O)N(c3ccc(-c4cn[nH]c4)cn3)C[C@H]2COCc2ccccc2)ccc1F. The molecule has 2 aromatic carbocycles. The summed E-state index contributed by atoms with van der Waals surface area (Å²) in [7, 11) is 3.33. The number of aromatic nitrogens is 3. The Labute approximate surface area is 214 Å². The molecule has 190 valence electrons. The molecule has 2 aromatic heterocycles. The Balaban J connectivity index is 1.40. The van der Waals surface area contributed by atoms with Crippen molar-refractivity contribution in [2.45, 2.75) is 19.2 Å². The number of carbonyl (C=O) groups excluding carboxylic acids is 1. The number of halogens is 1. The molecule has 9 heteroatoms. The van der Waals surface area contributed by atoms with Crippen LogP contribution in [0.1, 0.15) is 11.1 Å². The topological polar surface area (TPSA) is 80.3 Å². The van der Waals surface area contributed by atoms with Crippen LogP contribution in [-0.2, 0) is 17.9 Å². The van der Waals surface area contributed by atoms with E-state index in [4.69, 9.17) is 9.47 Å². The van der Waals surface area contributed by atoms with Crippen molar-refractivity contribution in [3.05, 3.63) is 96.2 Å². The van der Waals surface area contributed by atoms with E-state index in [9.17, 15) is 9.18 Å². The van der Waals surface area contributed by atoms with Crippen molar-refractivity contribution < 1.29 is 23.1 Å². The molecule has 1 saturated heterocycles. The molecule has 37 heavy (non-hydrogen) atoms. The Kier molecular flexibility index (Phi) is 6.98. The number of ether oxygens (including phenoxy) is 2. The predicted octanol–water partition coefficient (Wildman–Crippen LogP) is 4.79. The largest absolute Gasteiger partial charge is 0.494 e. The number of methoxy groups -OCH3 is 1. The van der Waals surface area contributed by atoms with E-state index in [0.717, 1.165) is 22.3 Å². The van der Waals surface area contributed by atoms with Crippen LogP contribution < -0.4 is 9.64 Å². The summed E-state index contributed by atoms with van der Waals surface area (Å²) in [5.74, 6) is 0.290. The fourth-order valence-corrected chi connectivity index (χ4v) is 4.70. The number of carbonyl (C=O) groups is 1. The summed E-state index contributed by atoms with van der Waals surface area (Å²) < 4.78 is 25.4. The maximum Gasteiger partial charge on any atom is 0.425 e. The fourth-order valence-electron chi connectivity index (χ4n) is 4.70. The van der Waals surface area contributed by atoms with Gasteiger partial charge in [-0.3, -0.25) is 5.10 Å². The normalized spacial score (nSPS) is 19.4. The van der Waals surface area contributed by atoms with Crippen molar-refractivity contribution in [3.8, 4) is 16.9 Å². The minimum Gasteiger partial charge on any atom is -0.494 e. The first-order valence-corrected chi connectivity index (χ1v) is 12.0. The van der Waals surface area contributed by atoms with Crippen molar-refractivity contribution in [3.63, 3.8) is 0 Å². The number of nitrogens with one attached hydrogen (secondary N) is 1. The monoisotopic (exact) mass is 502 g/mol. The number of H-pyrrole nitrogens is 1. The number of nitrogens with zero attached hydrogens (tertiary/aromatic N) is 4. The second kappa shape index (κ2) is 10.5. The van der Waals surface area contributed by atoms with Crippen LogP contribution in [0.4, 0.5) is 15.0 Å². The summed E-state index contributed by atoms with van der Waals surface area (Å²) in [5.41, 5.74) is 3.69. The molecule has 5 rings (SSSR count). The van der Waals surface area contributed by atoms with Crippen LogP contribution >= 0.6 is 0 Å². The molecule has 1 aliphatic heterocycles. The number of hydrogen-bond donors (Lipinski definition) is 1. The lowest BCUT2D eigenvalue weighted by Crippen LogP contribution is -2.53. The summed E-state index contributed by atoms with van der Waals surface area (Å²) in [6.07, 6.45) is 5.26. The molecule has 0 radical (unpaired) electrons. The van der Waals surface area contributed by atoms with Crippen LogP contribution in [0.3, 0.4) is 0 Å². The van der Waals surface area contributed by atoms with Crippen LogP contribution in [0.25, 0.3) is 11.1 Å². The van der Waals surface area contributed by atoms with Gasteiger partial charge in [-0.15, -0.1) is 0 Å².